The number of hydrogen-bond donors (Lipinski definition) is 1. The number of rotatable bonds is 5. The first-order valence-corrected chi connectivity index (χ1v) is 7.25. The Hall–Kier alpha value is -0.260. The van der Waals surface area contributed by atoms with E-state index >= 15 is 0 Å². The summed E-state index contributed by atoms with van der Waals surface area (Å²) in [5.41, 5.74) is 0.984. The first kappa shape index (κ1) is 12.8. The molecule has 1 aromatic rings. The fourth-order valence-corrected chi connectivity index (χ4v) is 2.44. The molecule has 1 heterocycles. The Morgan fingerprint density at radius 3 is 2.93 bits per heavy atom. The Morgan fingerprint density at radius 1 is 1.60 bits per heavy atom. The molecule has 2 atom stereocenters. The molecular formula is C10H15BrN2OS. The van der Waals surface area contributed by atoms with Gasteiger partial charge in [0, 0.05) is 35.4 Å². The van der Waals surface area contributed by atoms with Crippen LogP contribution in [0.5, 0.6) is 0 Å². The van der Waals surface area contributed by atoms with E-state index in [0.717, 1.165) is 10.3 Å². The van der Waals surface area contributed by atoms with Crippen molar-refractivity contribution in [3.63, 3.8) is 0 Å². The van der Waals surface area contributed by atoms with E-state index in [-0.39, 0.29) is 6.04 Å². The molecule has 0 saturated carbocycles. The van der Waals surface area contributed by atoms with Gasteiger partial charge in [-0.1, -0.05) is 6.07 Å². The Balaban J connectivity index is 2.40. The van der Waals surface area contributed by atoms with Crippen LogP contribution in [-0.4, -0.2) is 27.2 Å². The molecule has 1 N–H and O–H groups in total. The second-order valence-electron chi connectivity index (χ2n) is 3.47. The average molecular weight is 291 g/mol. The van der Waals surface area contributed by atoms with Crippen molar-refractivity contribution >= 4 is 26.7 Å². The Labute approximate surface area is 101 Å². The van der Waals surface area contributed by atoms with Crippen molar-refractivity contribution in [1.29, 1.82) is 0 Å². The van der Waals surface area contributed by atoms with E-state index in [9.17, 15) is 4.21 Å². The van der Waals surface area contributed by atoms with Gasteiger partial charge in [0.1, 0.15) is 4.60 Å². The number of pyridine rings is 1. The number of aromatic nitrogens is 1. The fourth-order valence-electron chi connectivity index (χ4n) is 1.24. The molecule has 0 radical (unpaired) electrons. The van der Waals surface area contributed by atoms with Crippen LogP contribution in [-0.2, 0) is 17.3 Å². The van der Waals surface area contributed by atoms with Gasteiger partial charge in [-0.3, -0.25) is 4.21 Å². The van der Waals surface area contributed by atoms with E-state index in [2.05, 4.69) is 26.2 Å². The monoisotopic (exact) mass is 290 g/mol. The zero-order valence-corrected chi connectivity index (χ0v) is 11.3. The first-order valence-electron chi connectivity index (χ1n) is 4.73. The predicted molar refractivity (Wildman–Crippen MR) is 67.2 cm³/mol. The normalized spacial score (nSPS) is 14.9. The van der Waals surface area contributed by atoms with Gasteiger partial charge in [-0.25, -0.2) is 4.98 Å². The number of halogens is 1. The summed E-state index contributed by atoms with van der Waals surface area (Å²) >= 11 is 3.32. The highest BCUT2D eigenvalue weighted by Crippen LogP contribution is 2.06. The van der Waals surface area contributed by atoms with Crippen LogP contribution in [0, 0.1) is 0 Å². The Bertz CT molecular complexity index is 346. The van der Waals surface area contributed by atoms with Crippen LogP contribution in [0.1, 0.15) is 12.6 Å². The van der Waals surface area contributed by atoms with Gasteiger partial charge in [-0.05, 0) is 35.0 Å². The summed E-state index contributed by atoms with van der Waals surface area (Å²) in [5.74, 6) is 0.675. The maximum absolute atomic E-state index is 11.0. The maximum Gasteiger partial charge on any atom is 0.106 e. The molecule has 0 fully saturated rings. The Morgan fingerprint density at radius 2 is 2.33 bits per heavy atom. The maximum atomic E-state index is 11.0. The largest absolute Gasteiger partial charge is 0.308 e. The molecule has 0 bridgehead atoms. The molecule has 1 aromatic heterocycles. The fraction of sp³-hybridized carbons (Fsp3) is 0.500. The summed E-state index contributed by atoms with van der Waals surface area (Å²) in [6.45, 7) is 2.73. The molecule has 0 aromatic carbocycles. The Kier molecular flexibility index (Phi) is 5.42. The molecule has 5 heteroatoms. The summed E-state index contributed by atoms with van der Waals surface area (Å²) in [4.78, 5) is 4.30. The van der Waals surface area contributed by atoms with Crippen LogP contribution < -0.4 is 5.32 Å². The van der Waals surface area contributed by atoms with Gasteiger partial charge in [0.15, 0.2) is 0 Å². The number of nitrogens with one attached hydrogen (secondary N) is 1. The molecule has 0 amide bonds. The van der Waals surface area contributed by atoms with Gasteiger partial charge >= 0.3 is 0 Å². The molecule has 0 aliphatic rings. The first-order chi connectivity index (χ1) is 7.08. The van der Waals surface area contributed by atoms with Crippen LogP contribution in [0.3, 0.4) is 0 Å². The van der Waals surface area contributed by atoms with E-state index < -0.39 is 10.8 Å². The molecule has 3 nitrogen and oxygen atoms in total. The van der Waals surface area contributed by atoms with Crippen LogP contribution in [0.2, 0.25) is 0 Å². The van der Waals surface area contributed by atoms with Crippen molar-refractivity contribution < 1.29 is 4.21 Å². The van der Waals surface area contributed by atoms with Crippen LogP contribution in [0.25, 0.3) is 0 Å². The second-order valence-corrected chi connectivity index (χ2v) is 5.77. The van der Waals surface area contributed by atoms with E-state index in [4.69, 9.17) is 0 Å². The minimum Gasteiger partial charge on any atom is -0.308 e. The van der Waals surface area contributed by atoms with E-state index in [1.165, 1.54) is 0 Å². The number of nitrogens with zero attached hydrogens (tertiary/aromatic N) is 1. The zero-order valence-electron chi connectivity index (χ0n) is 8.87. The van der Waals surface area contributed by atoms with Crippen molar-refractivity contribution in [1.82, 2.24) is 10.3 Å². The minimum absolute atomic E-state index is 0.247. The highest BCUT2D eigenvalue weighted by Gasteiger charge is 2.04. The average Bonchev–Trinajstić information content (AvgIpc) is 2.14. The lowest BCUT2D eigenvalue weighted by Crippen LogP contribution is -2.30. The third-order valence-corrected chi connectivity index (χ3v) is 3.30. The topological polar surface area (TPSA) is 42.0 Å². The predicted octanol–water partition coefficient (Wildman–Crippen LogP) is 1.70. The molecule has 84 valence electrons. The summed E-state index contributed by atoms with van der Waals surface area (Å²) in [6.07, 6.45) is 1.72. The summed E-state index contributed by atoms with van der Waals surface area (Å²) in [5, 5.41) is 3.28. The smallest absolute Gasteiger partial charge is 0.106 e. The lowest BCUT2D eigenvalue weighted by molar-refractivity contribution is 0.580. The zero-order chi connectivity index (χ0) is 11.3. The molecule has 15 heavy (non-hydrogen) atoms. The summed E-state index contributed by atoms with van der Waals surface area (Å²) in [7, 11) is -0.750. The van der Waals surface area contributed by atoms with Crippen LogP contribution >= 0.6 is 15.9 Å². The van der Waals surface area contributed by atoms with Gasteiger partial charge in [-0.2, -0.15) is 0 Å². The molecule has 2 unspecified atom stereocenters. The van der Waals surface area contributed by atoms with Gasteiger partial charge in [0.2, 0.25) is 0 Å². The standard InChI is InChI=1S/C10H15BrN2OS/c1-8(7-15(2)14)12-6-9-4-3-5-10(11)13-9/h3-5,8,12H,6-7H2,1-2H3. The minimum atomic E-state index is -0.750. The number of hydrogen-bond acceptors (Lipinski definition) is 3. The third kappa shape index (κ3) is 5.39. The lowest BCUT2D eigenvalue weighted by Gasteiger charge is -2.11. The van der Waals surface area contributed by atoms with E-state index in [1.54, 1.807) is 6.26 Å². The molecular weight excluding hydrogens is 276 g/mol. The van der Waals surface area contributed by atoms with Crippen LogP contribution in [0.4, 0.5) is 0 Å². The molecule has 0 spiro atoms. The summed E-state index contributed by atoms with van der Waals surface area (Å²) in [6, 6.07) is 6.06. The van der Waals surface area contributed by atoms with Gasteiger partial charge < -0.3 is 5.32 Å². The van der Waals surface area contributed by atoms with Crippen molar-refractivity contribution in [2.75, 3.05) is 12.0 Å². The quantitative estimate of drug-likeness (QED) is 0.840. The van der Waals surface area contributed by atoms with Gasteiger partial charge in [0.05, 0.1) is 5.69 Å². The molecule has 1 rings (SSSR count). The molecule has 0 aliphatic carbocycles. The van der Waals surface area contributed by atoms with Crippen molar-refractivity contribution in [2.45, 2.75) is 19.5 Å². The molecule has 0 aliphatic heterocycles. The van der Waals surface area contributed by atoms with Gasteiger partial charge in [-0.15, -0.1) is 0 Å². The lowest BCUT2D eigenvalue weighted by atomic mass is 10.3. The van der Waals surface area contributed by atoms with Crippen molar-refractivity contribution in [3.8, 4) is 0 Å². The highest BCUT2D eigenvalue weighted by molar-refractivity contribution is 9.10. The van der Waals surface area contributed by atoms with E-state index in [1.807, 2.05) is 25.1 Å². The second kappa shape index (κ2) is 6.35. The van der Waals surface area contributed by atoms with Crippen molar-refractivity contribution in [2.24, 2.45) is 0 Å². The SMILES string of the molecule is CC(CS(C)=O)NCc1cccc(Br)n1. The van der Waals surface area contributed by atoms with Crippen molar-refractivity contribution in [3.05, 3.63) is 28.5 Å². The third-order valence-electron chi connectivity index (χ3n) is 1.89. The molecule has 0 saturated heterocycles. The van der Waals surface area contributed by atoms with Crippen LogP contribution in [0.15, 0.2) is 22.8 Å². The summed E-state index contributed by atoms with van der Waals surface area (Å²) < 4.78 is 11.8. The van der Waals surface area contributed by atoms with E-state index in [0.29, 0.717) is 12.3 Å². The van der Waals surface area contributed by atoms with Gasteiger partial charge in [0.25, 0.3) is 0 Å². The highest BCUT2D eigenvalue weighted by atomic mass is 79.9.